The summed E-state index contributed by atoms with van der Waals surface area (Å²) in [7, 11) is 0. The second kappa shape index (κ2) is 7.26. The molecule has 0 aromatic carbocycles. The van der Waals surface area contributed by atoms with Crippen LogP contribution in [0.25, 0.3) is 0 Å². The summed E-state index contributed by atoms with van der Waals surface area (Å²) in [5, 5.41) is 6.78. The molecular formula is C18H30N2O. The molecule has 3 heteroatoms. The molecule has 3 atom stereocenters. The number of hydrogen-bond donors (Lipinski definition) is 2. The molecular weight excluding hydrogens is 260 g/mol. The van der Waals surface area contributed by atoms with Crippen LogP contribution in [-0.4, -0.2) is 24.0 Å². The Morgan fingerprint density at radius 2 is 2.29 bits per heavy atom. The van der Waals surface area contributed by atoms with E-state index in [0.29, 0.717) is 5.92 Å². The van der Waals surface area contributed by atoms with E-state index in [1.807, 2.05) is 0 Å². The van der Waals surface area contributed by atoms with Gasteiger partial charge in [0, 0.05) is 5.92 Å². The van der Waals surface area contributed by atoms with E-state index in [1.165, 1.54) is 12.0 Å². The quantitative estimate of drug-likeness (QED) is 0.815. The zero-order valence-electron chi connectivity index (χ0n) is 13.7. The molecule has 118 valence electrons. The van der Waals surface area contributed by atoms with Gasteiger partial charge in [-0.1, -0.05) is 51.3 Å². The van der Waals surface area contributed by atoms with Crippen molar-refractivity contribution in [3.63, 3.8) is 0 Å². The Bertz CT molecular complexity index is 421. The fraction of sp³-hybridized carbons (Fsp3) is 0.722. The van der Waals surface area contributed by atoms with E-state index < -0.39 is 0 Å². The molecule has 0 radical (unpaired) electrons. The van der Waals surface area contributed by atoms with Crippen molar-refractivity contribution < 1.29 is 4.79 Å². The van der Waals surface area contributed by atoms with Gasteiger partial charge in [-0.3, -0.25) is 4.79 Å². The molecule has 1 aliphatic carbocycles. The highest BCUT2D eigenvalue weighted by Gasteiger charge is 2.40. The molecule has 2 rings (SSSR count). The Labute approximate surface area is 129 Å². The predicted octanol–water partition coefficient (Wildman–Crippen LogP) is 3.33. The molecule has 1 heterocycles. The number of nitrogens with one attached hydrogen (secondary N) is 2. The van der Waals surface area contributed by atoms with Gasteiger partial charge >= 0.3 is 0 Å². The van der Waals surface area contributed by atoms with Gasteiger partial charge in [0.2, 0.25) is 5.91 Å². The number of unbranched alkanes of at least 4 members (excludes halogenated alkanes) is 1. The lowest BCUT2D eigenvalue weighted by molar-refractivity contribution is -0.125. The van der Waals surface area contributed by atoms with Gasteiger partial charge in [0.05, 0.1) is 11.6 Å². The van der Waals surface area contributed by atoms with E-state index >= 15 is 0 Å². The monoisotopic (exact) mass is 290 g/mol. The molecule has 2 N–H and O–H groups in total. The van der Waals surface area contributed by atoms with Crippen LogP contribution in [0.5, 0.6) is 0 Å². The van der Waals surface area contributed by atoms with Crippen molar-refractivity contribution in [2.45, 2.75) is 70.9 Å². The highest BCUT2D eigenvalue weighted by atomic mass is 16.2. The number of carbonyl (C=O) groups is 1. The van der Waals surface area contributed by atoms with Gasteiger partial charge < -0.3 is 10.6 Å². The summed E-state index contributed by atoms with van der Waals surface area (Å²) in [5.41, 5.74) is 1.09. The van der Waals surface area contributed by atoms with Gasteiger partial charge in [0.15, 0.2) is 0 Å². The zero-order valence-corrected chi connectivity index (χ0v) is 13.7. The van der Waals surface area contributed by atoms with Crippen LogP contribution < -0.4 is 10.6 Å². The van der Waals surface area contributed by atoms with Gasteiger partial charge in [-0.25, -0.2) is 0 Å². The first-order valence-electron chi connectivity index (χ1n) is 8.51. The van der Waals surface area contributed by atoms with Crippen LogP contribution in [0.4, 0.5) is 0 Å². The molecule has 1 saturated heterocycles. The fourth-order valence-corrected chi connectivity index (χ4v) is 3.58. The fourth-order valence-electron chi connectivity index (χ4n) is 3.58. The van der Waals surface area contributed by atoms with E-state index in [4.69, 9.17) is 0 Å². The van der Waals surface area contributed by atoms with Crippen molar-refractivity contribution in [1.29, 1.82) is 0 Å². The summed E-state index contributed by atoms with van der Waals surface area (Å²) in [6, 6.07) is -0.0110. The molecule has 1 amide bonds. The molecule has 2 aliphatic rings. The maximum absolute atomic E-state index is 12.7. The minimum atomic E-state index is -0.193. The molecule has 1 aliphatic heterocycles. The molecule has 0 saturated carbocycles. The number of hydrogen-bond acceptors (Lipinski definition) is 2. The average Bonchev–Trinajstić information content (AvgIpc) is 2.50. The van der Waals surface area contributed by atoms with Crippen molar-refractivity contribution >= 4 is 5.91 Å². The van der Waals surface area contributed by atoms with E-state index in [-0.39, 0.29) is 17.5 Å². The highest BCUT2D eigenvalue weighted by molar-refractivity contribution is 5.83. The summed E-state index contributed by atoms with van der Waals surface area (Å²) < 4.78 is 0. The molecule has 1 fully saturated rings. The first kappa shape index (κ1) is 16.3. The molecule has 0 bridgehead atoms. The normalized spacial score (nSPS) is 32.6. The predicted molar refractivity (Wildman–Crippen MR) is 88.1 cm³/mol. The Morgan fingerprint density at radius 3 is 2.90 bits per heavy atom. The first-order valence-corrected chi connectivity index (χ1v) is 8.51. The lowest BCUT2D eigenvalue weighted by Crippen LogP contribution is -2.59. The third-order valence-electron chi connectivity index (χ3n) is 5.12. The number of amides is 1. The molecule has 0 aromatic rings. The maximum atomic E-state index is 12.7. The summed E-state index contributed by atoms with van der Waals surface area (Å²) in [6.45, 7) is 7.55. The average molecular weight is 290 g/mol. The first-order chi connectivity index (χ1) is 10.1. The third kappa shape index (κ3) is 3.57. The number of piperidine rings is 1. The van der Waals surface area contributed by atoms with E-state index in [9.17, 15) is 4.79 Å². The SMILES string of the molecule is CCCC[C@@]1(NC(=O)C2CCCCN2)C(C)=CC=CC1C. The zero-order chi connectivity index (χ0) is 15.3. The second-order valence-corrected chi connectivity index (χ2v) is 6.59. The van der Waals surface area contributed by atoms with Crippen LogP contribution in [0.1, 0.15) is 59.3 Å². The van der Waals surface area contributed by atoms with Gasteiger partial charge in [-0.2, -0.15) is 0 Å². The highest BCUT2D eigenvalue weighted by Crippen LogP contribution is 2.35. The van der Waals surface area contributed by atoms with Crippen molar-refractivity contribution in [2.24, 2.45) is 5.92 Å². The van der Waals surface area contributed by atoms with Crippen molar-refractivity contribution in [2.75, 3.05) is 6.54 Å². The number of rotatable bonds is 5. The van der Waals surface area contributed by atoms with Crippen LogP contribution in [-0.2, 0) is 4.79 Å². The van der Waals surface area contributed by atoms with Crippen LogP contribution in [0.15, 0.2) is 23.8 Å². The lowest BCUT2D eigenvalue weighted by Gasteiger charge is -2.43. The maximum Gasteiger partial charge on any atom is 0.237 e. The van der Waals surface area contributed by atoms with Gasteiger partial charge in [-0.15, -0.1) is 0 Å². The van der Waals surface area contributed by atoms with Crippen LogP contribution in [0, 0.1) is 5.92 Å². The summed E-state index contributed by atoms with van der Waals surface area (Å²) in [6.07, 6.45) is 13.1. The van der Waals surface area contributed by atoms with E-state index in [2.05, 4.69) is 49.6 Å². The Kier molecular flexibility index (Phi) is 5.63. The minimum absolute atomic E-state index is 0.0110. The standard InChI is InChI=1S/C18H30N2O/c1-4-5-12-18(14(2)9-8-10-15(18)3)20-17(21)16-11-6-7-13-19-16/h8-10,14,16,19H,4-7,11-13H2,1-3H3,(H,20,21)/t14?,16?,18-/m0/s1. The molecule has 0 spiro atoms. The van der Waals surface area contributed by atoms with Crippen molar-refractivity contribution in [1.82, 2.24) is 10.6 Å². The van der Waals surface area contributed by atoms with Gasteiger partial charge in [-0.05, 0) is 38.3 Å². The topological polar surface area (TPSA) is 41.1 Å². The molecule has 3 nitrogen and oxygen atoms in total. The van der Waals surface area contributed by atoms with Gasteiger partial charge in [0.1, 0.15) is 0 Å². The Hall–Kier alpha value is -1.09. The van der Waals surface area contributed by atoms with Crippen LogP contribution in [0.2, 0.25) is 0 Å². The lowest BCUT2D eigenvalue weighted by atomic mass is 9.72. The molecule has 0 aromatic heterocycles. The Morgan fingerprint density at radius 1 is 1.48 bits per heavy atom. The van der Waals surface area contributed by atoms with Crippen molar-refractivity contribution in [3.8, 4) is 0 Å². The van der Waals surface area contributed by atoms with Crippen LogP contribution >= 0.6 is 0 Å². The third-order valence-corrected chi connectivity index (χ3v) is 5.12. The second-order valence-electron chi connectivity index (χ2n) is 6.59. The van der Waals surface area contributed by atoms with E-state index in [0.717, 1.165) is 38.6 Å². The minimum Gasteiger partial charge on any atom is -0.345 e. The van der Waals surface area contributed by atoms with Gasteiger partial charge in [0.25, 0.3) is 0 Å². The smallest absolute Gasteiger partial charge is 0.237 e. The van der Waals surface area contributed by atoms with Crippen LogP contribution in [0.3, 0.4) is 0 Å². The summed E-state index contributed by atoms with van der Waals surface area (Å²) in [4.78, 5) is 12.7. The number of carbonyl (C=O) groups excluding carboxylic acids is 1. The molecule has 21 heavy (non-hydrogen) atoms. The largest absolute Gasteiger partial charge is 0.345 e. The molecule has 2 unspecified atom stereocenters. The van der Waals surface area contributed by atoms with E-state index in [1.54, 1.807) is 0 Å². The summed E-state index contributed by atoms with van der Waals surface area (Å²) in [5.74, 6) is 0.530. The Balaban J connectivity index is 2.14. The number of allylic oxidation sites excluding steroid dienone is 2. The van der Waals surface area contributed by atoms with Crippen molar-refractivity contribution in [3.05, 3.63) is 23.8 Å². The summed E-state index contributed by atoms with van der Waals surface area (Å²) >= 11 is 0.